The molecule has 0 spiro atoms. The molecule has 0 aliphatic carbocycles. The van der Waals surface area contributed by atoms with Crippen molar-refractivity contribution in [1.82, 2.24) is 0 Å². The lowest BCUT2D eigenvalue weighted by molar-refractivity contribution is 0.415. The largest absolute Gasteiger partial charge is 0.497 e. The van der Waals surface area contributed by atoms with Crippen LogP contribution < -0.4 is 14.6 Å². The van der Waals surface area contributed by atoms with Crippen molar-refractivity contribution in [3.05, 3.63) is 66.7 Å². The number of rotatable bonds is 9. The van der Waals surface area contributed by atoms with Gasteiger partial charge in [-0.15, -0.1) is 6.58 Å². The number of ether oxygens (including phenoxy) is 1. The summed E-state index contributed by atoms with van der Waals surface area (Å²) < 4.78 is 5.22. The molecule has 0 N–H and O–H groups in total. The molecule has 25 heavy (non-hydrogen) atoms. The van der Waals surface area contributed by atoms with Gasteiger partial charge in [0.05, 0.1) is 25.6 Å². The molecule has 0 atom stereocenters. The number of anilines is 2. The highest BCUT2D eigenvalue weighted by atomic mass is 16.5. The third kappa shape index (κ3) is 4.86. The van der Waals surface area contributed by atoms with E-state index < -0.39 is 0 Å². The van der Waals surface area contributed by atoms with Gasteiger partial charge < -0.3 is 9.64 Å². The molecular weight excluding hydrogens is 310 g/mol. The van der Waals surface area contributed by atoms with Crippen molar-refractivity contribution in [2.45, 2.75) is 13.8 Å². The predicted octanol–water partition coefficient (Wildman–Crippen LogP) is 4.57. The Bertz CT molecular complexity index is 691. The molecule has 0 saturated carbocycles. The van der Waals surface area contributed by atoms with Crippen molar-refractivity contribution in [3.63, 3.8) is 0 Å². The first kappa shape index (κ1) is 18.6. The molecule has 0 unspecified atom stereocenters. The van der Waals surface area contributed by atoms with Crippen molar-refractivity contribution in [1.29, 1.82) is 0 Å². The van der Waals surface area contributed by atoms with Crippen LogP contribution in [0.15, 0.2) is 66.3 Å². The second-order valence-electron chi connectivity index (χ2n) is 5.54. The van der Waals surface area contributed by atoms with E-state index in [1.807, 2.05) is 47.6 Å². The number of hydrazone groups is 1. The van der Waals surface area contributed by atoms with Crippen LogP contribution in [0.4, 0.5) is 11.4 Å². The number of methoxy groups -OCH3 is 1. The molecule has 0 fully saturated rings. The van der Waals surface area contributed by atoms with Gasteiger partial charge >= 0.3 is 0 Å². The van der Waals surface area contributed by atoms with E-state index in [4.69, 9.17) is 9.84 Å². The van der Waals surface area contributed by atoms with Gasteiger partial charge in [0.2, 0.25) is 0 Å². The summed E-state index contributed by atoms with van der Waals surface area (Å²) in [5, 5.41) is 6.61. The van der Waals surface area contributed by atoms with Gasteiger partial charge in [0.15, 0.2) is 0 Å². The van der Waals surface area contributed by atoms with Crippen LogP contribution in [0.25, 0.3) is 0 Å². The van der Waals surface area contributed by atoms with Crippen LogP contribution in [-0.2, 0) is 0 Å². The van der Waals surface area contributed by atoms with E-state index in [0.717, 1.165) is 30.1 Å². The predicted molar refractivity (Wildman–Crippen MR) is 108 cm³/mol. The Hall–Kier alpha value is -2.75. The zero-order valence-corrected chi connectivity index (χ0v) is 15.4. The van der Waals surface area contributed by atoms with Crippen LogP contribution in [0.2, 0.25) is 0 Å². The minimum atomic E-state index is 0.635. The van der Waals surface area contributed by atoms with E-state index in [1.54, 1.807) is 7.11 Å². The molecule has 0 aliphatic rings. The fourth-order valence-corrected chi connectivity index (χ4v) is 2.68. The van der Waals surface area contributed by atoms with Crippen LogP contribution >= 0.6 is 0 Å². The SMILES string of the molecule is C=CCN(N=Cc1ccccc1N(CC)CC)c1ccc(OC)cc1. The zero-order chi connectivity index (χ0) is 18.1. The molecule has 2 aromatic carbocycles. The van der Waals surface area contributed by atoms with Crippen molar-refractivity contribution in [2.24, 2.45) is 5.10 Å². The first-order valence-corrected chi connectivity index (χ1v) is 8.63. The fraction of sp³-hybridized carbons (Fsp3) is 0.286. The molecule has 0 saturated heterocycles. The fourth-order valence-electron chi connectivity index (χ4n) is 2.68. The van der Waals surface area contributed by atoms with Gasteiger partial charge in [-0.05, 0) is 44.2 Å². The Morgan fingerprint density at radius 2 is 1.72 bits per heavy atom. The van der Waals surface area contributed by atoms with Crippen LogP contribution in [0.3, 0.4) is 0 Å². The van der Waals surface area contributed by atoms with E-state index in [-0.39, 0.29) is 0 Å². The molecule has 0 radical (unpaired) electrons. The van der Waals surface area contributed by atoms with E-state index in [0.29, 0.717) is 6.54 Å². The molecule has 0 heterocycles. The van der Waals surface area contributed by atoms with Crippen molar-refractivity contribution < 1.29 is 4.74 Å². The minimum Gasteiger partial charge on any atom is -0.497 e. The highest BCUT2D eigenvalue weighted by Crippen LogP contribution is 2.21. The standard InChI is InChI=1S/C21H27N3O/c1-5-16-24(19-12-14-20(25-4)15-13-19)22-17-18-10-8-9-11-21(18)23(6-2)7-3/h5,8-15,17H,1,6-7,16H2,2-4H3. The summed E-state index contributed by atoms with van der Waals surface area (Å²) in [4.78, 5) is 2.33. The summed E-state index contributed by atoms with van der Waals surface area (Å²) >= 11 is 0. The second-order valence-corrected chi connectivity index (χ2v) is 5.54. The number of nitrogens with zero attached hydrogens (tertiary/aromatic N) is 3. The summed E-state index contributed by atoms with van der Waals surface area (Å²) in [6.45, 7) is 10.7. The summed E-state index contributed by atoms with van der Waals surface area (Å²) in [7, 11) is 1.67. The van der Waals surface area contributed by atoms with E-state index in [1.165, 1.54) is 5.69 Å². The monoisotopic (exact) mass is 337 g/mol. The number of benzene rings is 2. The summed E-state index contributed by atoms with van der Waals surface area (Å²) in [5.74, 6) is 0.832. The van der Waals surface area contributed by atoms with E-state index in [9.17, 15) is 0 Å². The van der Waals surface area contributed by atoms with Crippen LogP contribution in [-0.4, -0.2) is 33.0 Å². The third-order valence-corrected chi connectivity index (χ3v) is 4.05. The van der Waals surface area contributed by atoms with Crippen molar-refractivity contribution >= 4 is 17.6 Å². The lowest BCUT2D eigenvalue weighted by atomic mass is 10.1. The van der Waals surface area contributed by atoms with Crippen LogP contribution in [0, 0.1) is 0 Å². The maximum Gasteiger partial charge on any atom is 0.119 e. The smallest absolute Gasteiger partial charge is 0.119 e. The van der Waals surface area contributed by atoms with E-state index >= 15 is 0 Å². The average molecular weight is 337 g/mol. The molecule has 4 heteroatoms. The number of para-hydroxylation sites is 1. The number of hydrogen-bond donors (Lipinski definition) is 0. The first-order valence-electron chi connectivity index (χ1n) is 8.63. The lowest BCUT2D eigenvalue weighted by Crippen LogP contribution is -2.23. The quantitative estimate of drug-likeness (QED) is 0.381. The van der Waals surface area contributed by atoms with Crippen molar-refractivity contribution in [3.8, 4) is 5.75 Å². The molecule has 0 aliphatic heterocycles. The van der Waals surface area contributed by atoms with Gasteiger partial charge in [-0.2, -0.15) is 5.10 Å². The van der Waals surface area contributed by atoms with Gasteiger partial charge in [-0.3, -0.25) is 5.01 Å². The highest BCUT2D eigenvalue weighted by Gasteiger charge is 2.07. The normalized spacial score (nSPS) is 10.7. The maximum atomic E-state index is 5.22. The molecule has 2 rings (SSSR count). The van der Waals surface area contributed by atoms with Gasteiger partial charge in [0.25, 0.3) is 0 Å². The Kier molecular flexibility index (Phi) is 7.08. The Morgan fingerprint density at radius 3 is 2.32 bits per heavy atom. The minimum absolute atomic E-state index is 0.635. The van der Waals surface area contributed by atoms with Crippen molar-refractivity contribution in [2.75, 3.05) is 36.7 Å². The van der Waals surface area contributed by atoms with Gasteiger partial charge in [-0.25, -0.2) is 0 Å². The molecule has 4 nitrogen and oxygen atoms in total. The second kappa shape index (κ2) is 9.52. The Labute approximate surface area is 151 Å². The Morgan fingerprint density at radius 1 is 1.04 bits per heavy atom. The Balaban J connectivity index is 2.28. The summed E-state index contributed by atoms with van der Waals surface area (Å²) in [6, 6.07) is 16.2. The molecule has 0 amide bonds. The molecule has 132 valence electrons. The van der Waals surface area contributed by atoms with Crippen LogP contribution in [0.5, 0.6) is 5.75 Å². The lowest BCUT2D eigenvalue weighted by Gasteiger charge is -2.23. The summed E-state index contributed by atoms with van der Waals surface area (Å²) in [6.07, 6.45) is 3.76. The average Bonchev–Trinajstić information content (AvgIpc) is 2.67. The molecule has 2 aromatic rings. The molecule has 0 bridgehead atoms. The van der Waals surface area contributed by atoms with Gasteiger partial charge in [-0.1, -0.05) is 24.3 Å². The molecular formula is C21H27N3O. The highest BCUT2D eigenvalue weighted by molar-refractivity contribution is 5.88. The third-order valence-electron chi connectivity index (χ3n) is 4.05. The van der Waals surface area contributed by atoms with Gasteiger partial charge in [0.1, 0.15) is 5.75 Å². The van der Waals surface area contributed by atoms with Gasteiger partial charge in [0, 0.05) is 24.3 Å². The number of hydrogen-bond acceptors (Lipinski definition) is 4. The zero-order valence-electron chi connectivity index (χ0n) is 15.4. The maximum absolute atomic E-state index is 5.22. The summed E-state index contributed by atoms with van der Waals surface area (Å²) in [5.41, 5.74) is 3.30. The van der Waals surface area contributed by atoms with E-state index in [2.05, 4.69) is 43.5 Å². The first-order chi connectivity index (χ1) is 12.2. The molecule has 0 aromatic heterocycles. The van der Waals surface area contributed by atoms with Crippen LogP contribution in [0.1, 0.15) is 19.4 Å². The topological polar surface area (TPSA) is 28.1 Å².